The molecule has 1 aliphatic rings. The SMILES string of the molecule is Fc1cccc(Cl)c1-c1nc2cnc(NCc3ccccc3C(F)(F)F)nc2n1CC1CCNC1. The van der Waals surface area contributed by atoms with Gasteiger partial charge in [0.2, 0.25) is 5.95 Å². The molecule has 0 aliphatic carbocycles. The van der Waals surface area contributed by atoms with Gasteiger partial charge in [-0.15, -0.1) is 0 Å². The summed E-state index contributed by atoms with van der Waals surface area (Å²) in [6.45, 7) is 2.09. The number of alkyl halides is 3. The van der Waals surface area contributed by atoms with Gasteiger partial charge >= 0.3 is 6.18 Å². The van der Waals surface area contributed by atoms with Gasteiger partial charge in [-0.25, -0.2) is 14.4 Å². The Bertz CT molecular complexity index is 1340. The largest absolute Gasteiger partial charge is 0.416 e. The summed E-state index contributed by atoms with van der Waals surface area (Å²) in [7, 11) is 0. The number of benzene rings is 2. The number of nitrogens with one attached hydrogen (secondary N) is 2. The molecule has 1 saturated heterocycles. The summed E-state index contributed by atoms with van der Waals surface area (Å²) in [5.74, 6) is 0.255. The minimum Gasteiger partial charge on any atom is -0.350 e. The van der Waals surface area contributed by atoms with E-state index < -0.39 is 17.6 Å². The van der Waals surface area contributed by atoms with Crippen LogP contribution in [0.4, 0.5) is 23.5 Å². The predicted molar refractivity (Wildman–Crippen MR) is 125 cm³/mol. The topological polar surface area (TPSA) is 67.7 Å². The van der Waals surface area contributed by atoms with Gasteiger partial charge in [-0.2, -0.15) is 18.2 Å². The number of anilines is 1. The van der Waals surface area contributed by atoms with Crippen molar-refractivity contribution in [1.29, 1.82) is 0 Å². The molecule has 1 unspecified atom stereocenters. The van der Waals surface area contributed by atoms with Gasteiger partial charge in [0.15, 0.2) is 5.65 Å². The number of nitrogens with zero attached hydrogens (tertiary/aromatic N) is 4. The van der Waals surface area contributed by atoms with E-state index in [1.54, 1.807) is 12.1 Å². The van der Waals surface area contributed by atoms with Crippen LogP contribution in [-0.2, 0) is 19.3 Å². The summed E-state index contributed by atoms with van der Waals surface area (Å²) in [6, 6.07) is 9.78. The van der Waals surface area contributed by atoms with Crippen LogP contribution in [0.15, 0.2) is 48.7 Å². The smallest absolute Gasteiger partial charge is 0.350 e. The second-order valence-corrected chi connectivity index (χ2v) is 8.82. The van der Waals surface area contributed by atoms with Gasteiger partial charge in [0, 0.05) is 13.1 Å². The van der Waals surface area contributed by atoms with Gasteiger partial charge in [0.05, 0.1) is 22.3 Å². The molecule has 2 aromatic carbocycles. The quantitative estimate of drug-likeness (QED) is 0.338. The van der Waals surface area contributed by atoms with Crippen LogP contribution in [0.2, 0.25) is 5.02 Å². The lowest BCUT2D eigenvalue weighted by Crippen LogP contribution is -2.16. The third-order valence-electron chi connectivity index (χ3n) is 6.04. The van der Waals surface area contributed by atoms with Crippen molar-refractivity contribution in [3.05, 3.63) is 70.6 Å². The maximum Gasteiger partial charge on any atom is 0.416 e. The first kappa shape index (κ1) is 23.5. The number of hydrogen-bond acceptors (Lipinski definition) is 5. The van der Waals surface area contributed by atoms with Crippen molar-refractivity contribution in [2.45, 2.75) is 25.7 Å². The number of rotatable bonds is 6. The predicted octanol–water partition coefficient (Wildman–Crippen LogP) is 5.53. The molecule has 35 heavy (non-hydrogen) atoms. The number of fused-ring (bicyclic) bond motifs is 1. The fourth-order valence-corrected chi connectivity index (χ4v) is 4.58. The third-order valence-corrected chi connectivity index (χ3v) is 6.35. The van der Waals surface area contributed by atoms with Gasteiger partial charge in [-0.05, 0) is 49.2 Å². The minimum absolute atomic E-state index is 0.0769. The van der Waals surface area contributed by atoms with E-state index in [9.17, 15) is 17.6 Å². The lowest BCUT2D eigenvalue weighted by atomic mass is 10.1. The van der Waals surface area contributed by atoms with Crippen molar-refractivity contribution in [3.63, 3.8) is 0 Å². The Kier molecular flexibility index (Phi) is 6.33. The Balaban J connectivity index is 1.53. The highest BCUT2D eigenvalue weighted by Gasteiger charge is 2.32. The van der Waals surface area contributed by atoms with Gasteiger partial charge < -0.3 is 15.2 Å². The second kappa shape index (κ2) is 9.43. The van der Waals surface area contributed by atoms with E-state index in [4.69, 9.17) is 11.6 Å². The van der Waals surface area contributed by atoms with Crippen LogP contribution in [0.3, 0.4) is 0 Å². The summed E-state index contributed by atoms with van der Waals surface area (Å²) in [6.07, 6.45) is -2.05. The van der Waals surface area contributed by atoms with Crippen molar-refractivity contribution in [1.82, 2.24) is 24.8 Å². The van der Waals surface area contributed by atoms with E-state index >= 15 is 0 Å². The Morgan fingerprint density at radius 1 is 1.11 bits per heavy atom. The molecular weight excluding hydrogens is 484 g/mol. The van der Waals surface area contributed by atoms with Gasteiger partial charge in [-0.3, -0.25) is 0 Å². The standard InChI is InChI=1S/C24H21ClF4N6/c25-17-6-3-7-18(26)20(17)22-33-19-12-32-23(34-21(19)35(22)13-14-8-9-30-10-14)31-11-15-4-1-2-5-16(15)24(27,28)29/h1-7,12,14,30H,8-11,13H2,(H,31,32,34). The average Bonchev–Trinajstić information content (AvgIpc) is 3.46. The highest BCUT2D eigenvalue weighted by atomic mass is 35.5. The van der Waals surface area contributed by atoms with E-state index in [0.717, 1.165) is 25.6 Å². The molecule has 5 rings (SSSR count). The third kappa shape index (κ3) is 4.81. The molecule has 0 saturated carbocycles. The first-order chi connectivity index (χ1) is 16.8. The number of imidazole rings is 1. The Morgan fingerprint density at radius 2 is 1.94 bits per heavy atom. The zero-order chi connectivity index (χ0) is 24.6. The molecule has 2 aromatic heterocycles. The fraction of sp³-hybridized carbons (Fsp3) is 0.292. The highest BCUT2D eigenvalue weighted by molar-refractivity contribution is 6.33. The van der Waals surface area contributed by atoms with Crippen LogP contribution in [0.1, 0.15) is 17.5 Å². The van der Waals surface area contributed by atoms with E-state index in [1.165, 1.54) is 30.5 Å². The molecule has 4 aromatic rings. The van der Waals surface area contributed by atoms with Crippen LogP contribution in [0, 0.1) is 11.7 Å². The Morgan fingerprint density at radius 3 is 2.69 bits per heavy atom. The first-order valence-corrected chi connectivity index (χ1v) is 11.5. The molecule has 0 bridgehead atoms. The van der Waals surface area contributed by atoms with Crippen LogP contribution < -0.4 is 10.6 Å². The summed E-state index contributed by atoms with van der Waals surface area (Å²) < 4.78 is 56.6. The summed E-state index contributed by atoms with van der Waals surface area (Å²) in [5.41, 5.74) is 0.419. The van der Waals surface area contributed by atoms with Crippen molar-refractivity contribution < 1.29 is 17.6 Å². The molecule has 0 spiro atoms. The normalized spacial score (nSPS) is 16.2. The number of aromatic nitrogens is 4. The summed E-state index contributed by atoms with van der Waals surface area (Å²) in [4.78, 5) is 13.3. The molecule has 182 valence electrons. The lowest BCUT2D eigenvalue weighted by molar-refractivity contribution is -0.138. The van der Waals surface area contributed by atoms with Crippen LogP contribution in [0.25, 0.3) is 22.6 Å². The van der Waals surface area contributed by atoms with E-state index in [2.05, 4.69) is 25.6 Å². The van der Waals surface area contributed by atoms with Gasteiger partial charge in [0.1, 0.15) is 17.2 Å². The fourth-order valence-electron chi connectivity index (χ4n) is 4.33. The molecule has 1 aliphatic heterocycles. The van der Waals surface area contributed by atoms with Crippen LogP contribution >= 0.6 is 11.6 Å². The Labute approximate surface area is 203 Å². The number of hydrogen-bond donors (Lipinski definition) is 2. The van der Waals surface area contributed by atoms with E-state index in [-0.39, 0.29) is 34.6 Å². The van der Waals surface area contributed by atoms with Crippen molar-refractivity contribution >= 4 is 28.7 Å². The van der Waals surface area contributed by atoms with Crippen molar-refractivity contribution in [2.75, 3.05) is 18.4 Å². The monoisotopic (exact) mass is 504 g/mol. The van der Waals surface area contributed by atoms with Crippen molar-refractivity contribution in [3.8, 4) is 11.4 Å². The zero-order valence-electron chi connectivity index (χ0n) is 18.4. The second-order valence-electron chi connectivity index (χ2n) is 8.41. The summed E-state index contributed by atoms with van der Waals surface area (Å²) in [5, 5.41) is 6.42. The van der Waals surface area contributed by atoms with Crippen LogP contribution in [-0.4, -0.2) is 32.6 Å². The average molecular weight is 505 g/mol. The molecule has 6 nitrogen and oxygen atoms in total. The van der Waals surface area contributed by atoms with Gasteiger partial charge in [-0.1, -0.05) is 35.9 Å². The summed E-state index contributed by atoms with van der Waals surface area (Å²) >= 11 is 6.33. The minimum atomic E-state index is -4.47. The molecule has 0 amide bonds. The van der Waals surface area contributed by atoms with E-state index in [0.29, 0.717) is 23.5 Å². The Hall–Kier alpha value is -3.24. The molecule has 11 heteroatoms. The molecule has 0 radical (unpaired) electrons. The maximum absolute atomic E-state index is 14.8. The molecule has 2 N–H and O–H groups in total. The highest BCUT2D eigenvalue weighted by Crippen LogP contribution is 2.34. The van der Waals surface area contributed by atoms with E-state index in [1.807, 2.05) is 4.57 Å². The van der Waals surface area contributed by atoms with Crippen LogP contribution in [0.5, 0.6) is 0 Å². The zero-order valence-corrected chi connectivity index (χ0v) is 19.2. The molecule has 1 atom stereocenters. The van der Waals surface area contributed by atoms with Gasteiger partial charge in [0.25, 0.3) is 0 Å². The lowest BCUT2D eigenvalue weighted by Gasteiger charge is -2.15. The molecule has 3 heterocycles. The van der Waals surface area contributed by atoms with Crippen molar-refractivity contribution in [2.24, 2.45) is 5.92 Å². The molecule has 1 fully saturated rings. The maximum atomic E-state index is 14.8. The first-order valence-electron chi connectivity index (χ1n) is 11.1. The molecular formula is C24H21ClF4N6. The number of halogens is 5.